The number of hydrogen-bond acceptors (Lipinski definition) is 7. The highest BCUT2D eigenvalue weighted by molar-refractivity contribution is 7.19. The average molecular weight is 307 g/mol. The molecule has 1 aromatic heterocycles. The minimum atomic E-state index is -0.125. The topological polar surface area (TPSA) is 81.5 Å². The van der Waals surface area contributed by atoms with Crippen molar-refractivity contribution in [2.24, 2.45) is 5.92 Å². The average Bonchev–Trinajstić information content (AvgIpc) is 3.17. The summed E-state index contributed by atoms with van der Waals surface area (Å²) < 4.78 is 5.32. The summed E-state index contributed by atoms with van der Waals surface area (Å²) >= 11 is 1.48. The van der Waals surface area contributed by atoms with Gasteiger partial charge >= 0.3 is 0 Å². The fourth-order valence-corrected chi connectivity index (χ4v) is 3.40. The third kappa shape index (κ3) is 3.25. The summed E-state index contributed by atoms with van der Waals surface area (Å²) in [6.07, 6.45) is 4.60. The fourth-order valence-electron chi connectivity index (χ4n) is 2.53. The van der Waals surface area contributed by atoms with E-state index >= 15 is 0 Å². The molecular formula is C13H17N5O2S. The van der Waals surface area contributed by atoms with Gasteiger partial charge in [0.15, 0.2) is 11.3 Å². The van der Waals surface area contributed by atoms with Crippen molar-refractivity contribution >= 4 is 27.4 Å². The molecule has 21 heavy (non-hydrogen) atoms. The Labute approximate surface area is 127 Å². The van der Waals surface area contributed by atoms with Crippen LogP contribution in [0.2, 0.25) is 0 Å². The summed E-state index contributed by atoms with van der Waals surface area (Å²) in [5, 5.41) is 13.4. The number of ether oxygens (including phenoxy) is 1. The molecule has 0 bridgehead atoms. The SMILES string of the molecule is N#CN1CC[C@H](C(=O)Nc2ncc(N3CCOCC3)s2)C1. The number of anilines is 2. The quantitative estimate of drug-likeness (QED) is 0.829. The Balaban J connectivity index is 1.57. The number of nitrogens with one attached hydrogen (secondary N) is 1. The van der Waals surface area contributed by atoms with Crippen LogP contribution >= 0.6 is 11.3 Å². The van der Waals surface area contributed by atoms with Crippen LogP contribution in [0.5, 0.6) is 0 Å². The molecule has 0 radical (unpaired) electrons. The molecule has 0 saturated carbocycles. The molecule has 0 aliphatic carbocycles. The Kier molecular flexibility index (Phi) is 4.22. The number of carbonyl (C=O) groups excluding carboxylic acids is 1. The molecule has 112 valence electrons. The third-order valence-electron chi connectivity index (χ3n) is 3.75. The summed E-state index contributed by atoms with van der Waals surface area (Å²) in [4.78, 5) is 20.2. The van der Waals surface area contributed by atoms with E-state index in [1.165, 1.54) is 11.3 Å². The normalized spacial score (nSPS) is 22.1. The van der Waals surface area contributed by atoms with Crippen molar-refractivity contribution in [2.45, 2.75) is 6.42 Å². The van der Waals surface area contributed by atoms with E-state index in [1.807, 2.05) is 0 Å². The number of thiazole rings is 1. The monoisotopic (exact) mass is 307 g/mol. The molecule has 3 rings (SSSR count). The van der Waals surface area contributed by atoms with Gasteiger partial charge in [-0.15, -0.1) is 0 Å². The number of aromatic nitrogens is 1. The van der Waals surface area contributed by atoms with Gasteiger partial charge in [0, 0.05) is 26.2 Å². The molecular weight excluding hydrogens is 290 g/mol. The number of likely N-dealkylation sites (tertiary alicyclic amines) is 1. The maximum Gasteiger partial charge on any atom is 0.231 e. The Morgan fingerprint density at radius 2 is 2.29 bits per heavy atom. The molecule has 2 aliphatic rings. The molecule has 1 N–H and O–H groups in total. The number of carbonyl (C=O) groups is 1. The zero-order chi connectivity index (χ0) is 14.7. The predicted molar refractivity (Wildman–Crippen MR) is 79.1 cm³/mol. The van der Waals surface area contributed by atoms with E-state index in [9.17, 15) is 4.79 Å². The summed E-state index contributed by atoms with van der Waals surface area (Å²) in [5.74, 6) is -0.170. The molecule has 0 spiro atoms. The van der Waals surface area contributed by atoms with Crippen molar-refractivity contribution in [3.05, 3.63) is 6.20 Å². The van der Waals surface area contributed by atoms with E-state index in [2.05, 4.69) is 21.4 Å². The van der Waals surface area contributed by atoms with Crippen LogP contribution < -0.4 is 10.2 Å². The second-order valence-electron chi connectivity index (χ2n) is 5.12. The maximum absolute atomic E-state index is 12.1. The van der Waals surface area contributed by atoms with Gasteiger partial charge in [-0.05, 0) is 6.42 Å². The van der Waals surface area contributed by atoms with Crippen LogP contribution in [0.25, 0.3) is 0 Å². The number of amides is 1. The van der Waals surface area contributed by atoms with Crippen molar-refractivity contribution in [3.63, 3.8) is 0 Å². The lowest BCUT2D eigenvalue weighted by Crippen LogP contribution is -2.35. The summed E-state index contributed by atoms with van der Waals surface area (Å²) in [6, 6.07) is 0. The largest absolute Gasteiger partial charge is 0.378 e. The Bertz CT molecular complexity index is 549. The predicted octanol–water partition coefficient (Wildman–Crippen LogP) is 0.721. The Morgan fingerprint density at radius 1 is 1.48 bits per heavy atom. The van der Waals surface area contributed by atoms with Crippen molar-refractivity contribution in [3.8, 4) is 6.19 Å². The molecule has 1 amide bonds. The number of hydrogen-bond donors (Lipinski definition) is 1. The second-order valence-corrected chi connectivity index (χ2v) is 6.13. The summed E-state index contributed by atoms with van der Waals surface area (Å²) in [5.41, 5.74) is 0. The first kappa shape index (κ1) is 14.1. The van der Waals surface area contributed by atoms with Gasteiger partial charge in [0.05, 0.1) is 25.3 Å². The maximum atomic E-state index is 12.1. The first-order valence-corrected chi connectivity index (χ1v) is 7.82. The van der Waals surface area contributed by atoms with Crippen LogP contribution in [0.4, 0.5) is 10.1 Å². The lowest BCUT2D eigenvalue weighted by atomic mass is 10.1. The van der Waals surface area contributed by atoms with E-state index in [-0.39, 0.29) is 11.8 Å². The van der Waals surface area contributed by atoms with Crippen LogP contribution in [-0.4, -0.2) is 55.2 Å². The van der Waals surface area contributed by atoms with Gasteiger partial charge < -0.3 is 19.9 Å². The number of morpholine rings is 1. The van der Waals surface area contributed by atoms with Gasteiger partial charge in [-0.25, -0.2) is 4.98 Å². The van der Waals surface area contributed by atoms with Crippen molar-refractivity contribution in [1.82, 2.24) is 9.88 Å². The minimum Gasteiger partial charge on any atom is -0.378 e. The van der Waals surface area contributed by atoms with Crippen molar-refractivity contribution < 1.29 is 9.53 Å². The molecule has 1 aromatic rings. The lowest BCUT2D eigenvalue weighted by molar-refractivity contribution is -0.119. The zero-order valence-electron chi connectivity index (χ0n) is 11.6. The Morgan fingerprint density at radius 3 is 3.00 bits per heavy atom. The van der Waals surface area contributed by atoms with E-state index in [4.69, 9.17) is 10.00 Å². The molecule has 1 atom stereocenters. The smallest absolute Gasteiger partial charge is 0.231 e. The third-order valence-corrected chi connectivity index (χ3v) is 4.72. The first-order chi connectivity index (χ1) is 10.3. The fraction of sp³-hybridized carbons (Fsp3) is 0.615. The van der Waals surface area contributed by atoms with E-state index in [0.717, 1.165) is 37.7 Å². The van der Waals surface area contributed by atoms with Crippen LogP contribution in [-0.2, 0) is 9.53 Å². The second kappa shape index (κ2) is 6.28. The van der Waals surface area contributed by atoms with Gasteiger partial charge in [0.25, 0.3) is 0 Å². The first-order valence-electron chi connectivity index (χ1n) is 7.00. The van der Waals surface area contributed by atoms with Crippen LogP contribution in [0.15, 0.2) is 6.20 Å². The standard InChI is InChI=1S/C13H17N5O2S/c14-9-17-2-1-10(8-17)12(19)16-13-15-7-11(21-13)18-3-5-20-6-4-18/h7,10H,1-6,8H2,(H,15,16,19)/t10-/m0/s1. The molecule has 7 nitrogen and oxygen atoms in total. The van der Waals surface area contributed by atoms with Gasteiger partial charge in [0.2, 0.25) is 5.91 Å². The van der Waals surface area contributed by atoms with E-state index in [0.29, 0.717) is 18.2 Å². The molecule has 2 fully saturated rings. The van der Waals surface area contributed by atoms with Crippen LogP contribution in [0, 0.1) is 17.4 Å². The van der Waals surface area contributed by atoms with E-state index in [1.54, 1.807) is 11.1 Å². The Hall–Kier alpha value is -1.85. The van der Waals surface area contributed by atoms with Gasteiger partial charge in [-0.3, -0.25) is 4.79 Å². The van der Waals surface area contributed by atoms with Gasteiger partial charge in [-0.2, -0.15) is 5.26 Å². The van der Waals surface area contributed by atoms with Crippen LogP contribution in [0.1, 0.15) is 6.42 Å². The van der Waals surface area contributed by atoms with Crippen molar-refractivity contribution in [1.29, 1.82) is 5.26 Å². The highest BCUT2D eigenvalue weighted by atomic mass is 32.1. The highest BCUT2D eigenvalue weighted by Crippen LogP contribution is 2.28. The van der Waals surface area contributed by atoms with Gasteiger partial charge in [-0.1, -0.05) is 11.3 Å². The molecule has 2 aliphatic heterocycles. The van der Waals surface area contributed by atoms with Crippen LogP contribution in [0.3, 0.4) is 0 Å². The summed E-state index contributed by atoms with van der Waals surface area (Å²) in [7, 11) is 0. The number of nitriles is 1. The number of nitrogens with zero attached hydrogens (tertiary/aromatic N) is 4. The van der Waals surface area contributed by atoms with E-state index < -0.39 is 0 Å². The molecule has 3 heterocycles. The summed E-state index contributed by atoms with van der Waals surface area (Å²) in [6.45, 7) is 4.33. The highest BCUT2D eigenvalue weighted by Gasteiger charge is 2.28. The molecule has 0 unspecified atom stereocenters. The lowest BCUT2D eigenvalue weighted by Gasteiger charge is -2.26. The number of rotatable bonds is 3. The molecule has 8 heteroatoms. The molecule has 2 saturated heterocycles. The molecule has 0 aromatic carbocycles. The van der Waals surface area contributed by atoms with Gasteiger partial charge in [0.1, 0.15) is 5.00 Å². The van der Waals surface area contributed by atoms with Crippen molar-refractivity contribution in [2.75, 3.05) is 49.6 Å². The zero-order valence-corrected chi connectivity index (χ0v) is 12.4. The minimum absolute atomic E-state index is 0.0457.